The van der Waals surface area contributed by atoms with Crippen LogP contribution in [0.5, 0.6) is 0 Å². The van der Waals surface area contributed by atoms with Crippen molar-refractivity contribution < 1.29 is 0 Å². The molecule has 1 aliphatic rings. The molecule has 70 valence electrons. The monoisotopic (exact) mass is 175 g/mol. The van der Waals surface area contributed by atoms with Crippen LogP contribution in [-0.2, 0) is 0 Å². The molecule has 2 N–H and O–H groups in total. The minimum atomic E-state index is 0.737. The second-order valence-electron chi connectivity index (χ2n) is 4.11. The van der Waals surface area contributed by atoms with E-state index in [0.29, 0.717) is 0 Å². The Bertz CT molecular complexity index is 298. The van der Waals surface area contributed by atoms with Crippen LogP contribution in [0.2, 0.25) is 0 Å². The molecule has 0 radical (unpaired) electrons. The predicted molar refractivity (Wildman–Crippen MR) is 56.8 cm³/mol. The average Bonchev–Trinajstić information content (AvgIpc) is 2.56. The van der Waals surface area contributed by atoms with E-state index in [-0.39, 0.29) is 0 Å². The molecule has 0 aliphatic heterocycles. The lowest BCUT2D eigenvalue weighted by atomic mass is 9.95. The molecule has 1 aromatic rings. The highest BCUT2D eigenvalue weighted by Gasteiger charge is 2.18. The molecule has 1 nitrogen and oxygen atoms in total. The Hall–Kier alpha value is -0.980. The topological polar surface area (TPSA) is 26.0 Å². The van der Waals surface area contributed by atoms with Gasteiger partial charge in [-0.2, -0.15) is 0 Å². The molecule has 0 amide bonds. The number of anilines is 1. The lowest BCUT2D eigenvalue weighted by Crippen LogP contribution is -1.99. The summed E-state index contributed by atoms with van der Waals surface area (Å²) in [6.07, 6.45) is 5.40. The zero-order valence-electron chi connectivity index (χ0n) is 8.22. The molecule has 0 heterocycles. The molecule has 0 spiro atoms. The SMILES string of the molecule is Cc1ccc(C2CCCC2)c(N)c1. The summed E-state index contributed by atoms with van der Waals surface area (Å²) in [4.78, 5) is 0. The van der Waals surface area contributed by atoms with Gasteiger partial charge in [-0.05, 0) is 42.9 Å². The Morgan fingerprint density at radius 3 is 2.54 bits per heavy atom. The molecule has 0 unspecified atom stereocenters. The van der Waals surface area contributed by atoms with Gasteiger partial charge in [0.15, 0.2) is 0 Å². The minimum Gasteiger partial charge on any atom is -0.398 e. The van der Waals surface area contributed by atoms with Crippen LogP contribution in [0.3, 0.4) is 0 Å². The van der Waals surface area contributed by atoms with E-state index in [2.05, 4.69) is 25.1 Å². The molecule has 0 aromatic heterocycles. The molecular formula is C12H17N. The Labute approximate surface area is 80.0 Å². The van der Waals surface area contributed by atoms with E-state index in [4.69, 9.17) is 5.73 Å². The maximum absolute atomic E-state index is 6.00. The van der Waals surface area contributed by atoms with E-state index < -0.39 is 0 Å². The summed E-state index contributed by atoms with van der Waals surface area (Å²) in [5, 5.41) is 0. The number of nitrogens with two attached hydrogens (primary N) is 1. The molecule has 13 heavy (non-hydrogen) atoms. The normalized spacial score (nSPS) is 17.9. The third-order valence-electron chi connectivity index (χ3n) is 3.04. The fraction of sp³-hybridized carbons (Fsp3) is 0.500. The van der Waals surface area contributed by atoms with Crippen LogP contribution >= 0.6 is 0 Å². The fourth-order valence-corrected chi connectivity index (χ4v) is 2.30. The molecule has 0 bridgehead atoms. The van der Waals surface area contributed by atoms with Gasteiger partial charge in [-0.25, -0.2) is 0 Å². The van der Waals surface area contributed by atoms with Crippen LogP contribution in [0.15, 0.2) is 18.2 Å². The summed E-state index contributed by atoms with van der Waals surface area (Å²) in [6.45, 7) is 2.09. The zero-order valence-corrected chi connectivity index (χ0v) is 8.22. The quantitative estimate of drug-likeness (QED) is 0.651. The highest BCUT2D eigenvalue weighted by Crippen LogP contribution is 2.36. The number of rotatable bonds is 1. The van der Waals surface area contributed by atoms with Crippen molar-refractivity contribution in [2.75, 3.05) is 5.73 Å². The van der Waals surface area contributed by atoms with Crippen molar-refractivity contribution in [2.45, 2.75) is 38.5 Å². The lowest BCUT2D eigenvalue weighted by molar-refractivity contribution is 0.725. The molecule has 0 atom stereocenters. The Morgan fingerprint density at radius 2 is 1.92 bits per heavy atom. The van der Waals surface area contributed by atoms with Crippen molar-refractivity contribution in [3.05, 3.63) is 29.3 Å². The number of hydrogen-bond donors (Lipinski definition) is 1. The summed E-state index contributed by atoms with van der Waals surface area (Å²) >= 11 is 0. The van der Waals surface area contributed by atoms with Crippen molar-refractivity contribution in [3.8, 4) is 0 Å². The maximum atomic E-state index is 6.00. The first-order valence-corrected chi connectivity index (χ1v) is 5.13. The summed E-state index contributed by atoms with van der Waals surface area (Å²) in [6, 6.07) is 6.47. The second-order valence-corrected chi connectivity index (χ2v) is 4.11. The summed E-state index contributed by atoms with van der Waals surface area (Å²) in [5.41, 5.74) is 9.63. The molecule has 1 saturated carbocycles. The molecular weight excluding hydrogens is 158 g/mol. The van der Waals surface area contributed by atoms with Crippen molar-refractivity contribution in [1.82, 2.24) is 0 Å². The second kappa shape index (κ2) is 3.41. The van der Waals surface area contributed by atoms with E-state index in [0.717, 1.165) is 11.6 Å². The van der Waals surface area contributed by atoms with Gasteiger partial charge in [0.25, 0.3) is 0 Å². The van der Waals surface area contributed by atoms with Gasteiger partial charge in [0, 0.05) is 5.69 Å². The number of benzene rings is 1. The van der Waals surface area contributed by atoms with Gasteiger partial charge in [-0.1, -0.05) is 25.0 Å². The molecule has 1 heteroatoms. The van der Waals surface area contributed by atoms with E-state index >= 15 is 0 Å². The summed E-state index contributed by atoms with van der Waals surface area (Å²) < 4.78 is 0. The highest BCUT2D eigenvalue weighted by molar-refractivity contribution is 5.50. The smallest absolute Gasteiger partial charge is 0.0352 e. The van der Waals surface area contributed by atoms with Crippen LogP contribution in [-0.4, -0.2) is 0 Å². The van der Waals surface area contributed by atoms with Gasteiger partial charge >= 0.3 is 0 Å². The third-order valence-corrected chi connectivity index (χ3v) is 3.04. The van der Waals surface area contributed by atoms with Crippen LogP contribution in [0.1, 0.15) is 42.7 Å². The minimum absolute atomic E-state index is 0.737. The van der Waals surface area contributed by atoms with Gasteiger partial charge < -0.3 is 5.73 Å². The first-order valence-electron chi connectivity index (χ1n) is 5.13. The van der Waals surface area contributed by atoms with Gasteiger partial charge in [0.2, 0.25) is 0 Å². The Morgan fingerprint density at radius 1 is 1.23 bits per heavy atom. The van der Waals surface area contributed by atoms with Crippen molar-refractivity contribution >= 4 is 5.69 Å². The predicted octanol–water partition coefficient (Wildman–Crippen LogP) is 3.23. The maximum Gasteiger partial charge on any atom is 0.0352 e. The van der Waals surface area contributed by atoms with E-state index in [1.54, 1.807) is 0 Å². The largest absolute Gasteiger partial charge is 0.398 e. The summed E-state index contributed by atoms with van der Waals surface area (Å²) in [7, 11) is 0. The van der Waals surface area contributed by atoms with Crippen LogP contribution < -0.4 is 5.73 Å². The van der Waals surface area contributed by atoms with Crippen LogP contribution in [0.25, 0.3) is 0 Å². The molecule has 1 aliphatic carbocycles. The Kier molecular flexibility index (Phi) is 2.26. The van der Waals surface area contributed by atoms with Crippen LogP contribution in [0.4, 0.5) is 5.69 Å². The number of aryl methyl sites for hydroxylation is 1. The molecule has 1 fully saturated rings. The number of hydrogen-bond acceptors (Lipinski definition) is 1. The van der Waals surface area contributed by atoms with Gasteiger partial charge in [-0.3, -0.25) is 0 Å². The molecule has 0 saturated heterocycles. The third kappa shape index (κ3) is 1.69. The van der Waals surface area contributed by atoms with Crippen LogP contribution in [0, 0.1) is 6.92 Å². The molecule has 2 rings (SSSR count). The fourth-order valence-electron chi connectivity index (χ4n) is 2.30. The van der Waals surface area contributed by atoms with Gasteiger partial charge in [0.1, 0.15) is 0 Å². The van der Waals surface area contributed by atoms with Crippen molar-refractivity contribution in [1.29, 1.82) is 0 Å². The Balaban J connectivity index is 2.29. The molecule has 1 aromatic carbocycles. The number of nitrogen functional groups attached to an aromatic ring is 1. The van der Waals surface area contributed by atoms with Crippen molar-refractivity contribution in [2.24, 2.45) is 0 Å². The standard InChI is InChI=1S/C12H17N/c1-9-6-7-11(12(13)8-9)10-4-2-3-5-10/h6-8,10H,2-5,13H2,1H3. The first-order chi connectivity index (χ1) is 6.27. The highest BCUT2D eigenvalue weighted by atomic mass is 14.6. The van der Waals surface area contributed by atoms with Gasteiger partial charge in [0.05, 0.1) is 0 Å². The van der Waals surface area contributed by atoms with Crippen molar-refractivity contribution in [3.63, 3.8) is 0 Å². The van der Waals surface area contributed by atoms with E-state index in [1.807, 2.05) is 0 Å². The van der Waals surface area contributed by atoms with E-state index in [9.17, 15) is 0 Å². The lowest BCUT2D eigenvalue weighted by Gasteiger charge is -2.12. The zero-order chi connectivity index (χ0) is 9.26. The summed E-state index contributed by atoms with van der Waals surface area (Å²) in [5.74, 6) is 0.737. The van der Waals surface area contributed by atoms with E-state index in [1.165, 1.54) is 36.8 Å². The first kappa shape index (κ1) is 8.61. The average molecular weight is 175 g/mol. The van der Waals surface area contributed by atoms with Gasteiger partial charge in [-0.15, -0.1) is 0 Å².